The Morgan fingerprint density at radius 1 is 1.00 bits per heavy atom. The van der Waals surface area contributed by atoms with Gasteiger partial charge in [0.2, 0.25) is 15.9 Å². The second kappa shape index (κ2) is 10.9. The van der Waals surface area contributed by atoms with E-state index in [2.05, 4.69) is 0 Å². The molecule has 30 heavy (non-hydrogen) atoms. The number of amides is 1. The van der Waals surface area contributed by atoms with Crippen LogP contribution in [0, 0.1) is 0 Å². The number of carbonyl (C=O) groups excluding carboxylic acids is 1. The lowest BCUT2D eigenvalue weighted by Gasteiger charge is -2.23. The molecule has 0 N–H and O–H groups in total. The third kappa shape index (κ3) is 6.95. The fourth-order valence-corrected chi connectivity index (χ4v) is 3.98. The average molecular weight is 435 g/mol. The monoisotopic (exact) mass is 434 g/mol. The lowest BCUT2D eigenvalue weighted by Crippen LogP contribution is -2.32. The molecule has 7 nitrogen and oxygen atoms in total. The van der Waals surface area contributed by atoms with Gasteiger partial charge in [-0.25, -0.2) is 8.42 Å². The first-order chi connectivity index (χ1) is 14.2. The molecule has 0 saturated heterocycles. The van der Waals surface area contributed by atoms with Gasteiger partial charge in [-0.1, -0.05) is 12.1 Å². The van der Waals surface area contributed by atoms with E-state index in [1.807, 2.05) is 31.2 Å². The van der Waals surface area contributed by atoms with Crippen molar-refractivity contribution in [3.8, 4) is 11.5 Å². The van der Waals surface area contributed by atoms with Crippen LogP contribution in [0.4, 0.5) is 5.69 Å². The van der Waals surface area contributed by atoms with Crippen LogP contribution in [0.5, 0.6) is 11.5 Å². The largest absolute Gasteiger partial charge is 0.497 e. The second-order valence-corrected chi connectivity index (χ2v) is 8.87. The zero-order valence-electron chi connectivity index (χ0n) is 18.0. The van der Waals surface area contributed by atoms with Crippen LogP contribution in [-0.2, 0) is 21.4 Å². The summed E-state index contributed by atoms with van der Waals surface area (Å²) in [4.78, 5) is 14.1. The molecule has 2 rings (SSSR count). The minimum absolute atomic E-state index is 0.0361. The number of rotatable bonds is 11. The molecule has 0 radical (unpaired) electrons. The van der Waals surface area contributed by atoms with Crippen LogP contribution in [0.15, 0.2) is 48.5 Å². The SMILES string of the molecule is CCOc1ccc(N(CCCC(=O)N(C)Cc2ccc(OC)cc2)S(C)(=O)=O)cc1. The molecule has 0 unspecified atom stereocenters. The maximum Gasteiger partial charge on any atom is 0.232 e. The number of nitrogens with zero attached hydrogens (tertiary/aromatic N) is 2. The molecular weight excluding hydrogens is 404 g/mol. The van der Waals surface area contributed by atoms with Gasteiger partial charge in [-0.05, 0) is 55.3 Å². The van der Waals surface area contributed by atoms with E-state index in [0.717, 1.165) is 11.3 Å². The summed E-state index contributed by atoms with van der Waals surface area (Å²) in [6, 6.07) is 14.5. The van der Waals surface area contributed by atoms with Crippen LogP contribution in [0.3, 0.4) is 0 Å². The van der Waals surface area contributed by atoms with Crippen molar-refractivity contribution >= 4 is 21.6 Å². The van der Waals surface area contributed by atoms with Crippen molar-refractivity contribution < 1.29 is 22.7 Å². The van der Waals surface area contributed by atoms with E-state index in [1.165, 1.54) is 10.6 Å². The van der Waals surface area contributed by atoms with E-state index >= 15 is 0 Å². The van der Waals surface area contributed by atoms with Crippen molar-refractivity contribution in [2.45, 2.75) is 26.3 Å². The molecule has 0 spiro atoms. The van der Waals surface area contributed by atoms with Crippen LogP contribution in [0.1, 0.15) is 25.3 Å². The number of hydrogen-bond donors (Lipinski definition) is 0. The number of ether oxygens (including phenoxy) is 2. The van der Waals surface area contributed by atoms with Crippen LogP contribution in [0.25, 0.3) is 0 Å². The van der Waals surface area contributed by atoms with Crippen molar-refractivity contribution in [2.24, 2.45) is 0 Å². The molecular formula is C22H30N2O5S. The summed E-state index contributed by atoms with van der Waals surface area (Å²) in [7, 11) is -0.108. The van der Waals surface area contributed by atoms with Crippen molar-refractivity contribution in [3.05, 3.63) is 54.1 Å². The predicted molar refractivity (Wildman–Crippen MR) is 119 cm³/mol. The smallest absolute Gasteiger partial charge is 0.232 e. The fourth-order valence-electron chi connectivity index (χ4n) is 3.02. The van der Waals surface area contributed by atoms with E-state index in [0.29, 0.717) is 31.0 Å². The molecule has 2 aromatic rings. The highest BCUT2D eigenvalue weighted by molar-refractivity contribution is 7.92. The number of anilines is 1. The van der Waals surface area contributed by atoms with Crippen LogP contribution >= 0.6 is 0 Å². The Kier molecular flexibility index (Phi) is 8.53. The normalized spacial score (nSPS) is 11.1. The van der Waals surface area contributed by atoms with Crippen LogP contribution < -0.4 is 13.8 Å². The summed E-state index contributed by atoms with van der Waals surface area (Å²) in [5.74, 6) is 1.42. The van der Waals surface area contributed by atoms with Gasteiger partial charge in [-0.3, -0.25) is 9.10 Å². The van der Waals surface area contributed by atoms with E-state index < -0.39 is 10.0 Å². The number of benzene rings is 2. The lowest BCUT2D eigenvalue weighted by molar-refractivity contribution is -0.130. The maximum absolute atomic E-state index is 12.5. The van der Waals surface area contributed by atoms with Gasteiger partial charge in [-0.2, -0.15) is 0 Å². The molecule has 0 atom stereocenters. The number of carbonyl (C=O) groups is 1. The van der Waals surface area contributed by atoms with Gasteiger partial charge in [0.05, 0.1) is 25.7 Å². The third-order valence-corrected chi connectivity index (χ3v) is 5.79. The van der Waals surface area contributed by atoms with Crippen molar-refractivity contribution in [3.63, 3.8) is 0 Å². The van der Waals surface area contributed by atoms with E-state index in [-0.39, 0.29) is 18.9 Å². The zero-order chi connectivity index (χ0) is 22.1. The van der Waals surface area contributed by atoms with E-state index in [9.17, 15) is 13.2 Å². The van der Waals surface area contributed by atoms with Gasteiger partial charge in [0, 0.05) is 26.6 Å². The Balaban J connectivity index is 1.92. The molecule has 1 amide bonds. The first-order valence-electron chi connectivity index (χ1n) is 9.82. The molecule has 0 aliphatic carbocycles. The molecule has 2 aromatic carbocycles. The predicted octanol–water partition coefficient (Wildman–Crippen LogP) is 3.30. The van der Waals surface area contributed by atoms with Crippen molar-refractivity contribution in [2.75, 3.05) is 37.9 Å². The molecule has 0 fully saturated rings. The van der Waals surface area contributed by atoms with Gasteiger partial charge >= 0.3 is 0 Å². The van der Waals surface area contributed by atoms with Crippen molar-refractivity contribution in [1.29, 1.82) is 0 Å². The molecule has 0 aliphatic heterocycles. The third-order valence-electron chi connectivity index (χ3n) is 4.59. The standard InChI is InChI=1S/C22H30N2O5S/c1-5-29-21-14-10-19(11-15-21)24(30(4,26)27)16-6-7-22(25)23(2)17-18-8-12-20(28-3)13-9-18/h8-15H,5-7,16-17H2,1-4H3. The summed E-state index contributed by atoms with van der Waals surface area (Å²) >= 11 is 0. The van der Waals surface area contributed by atoms with Crippen LogP contribution in [0.2, 0.25) is 0 Å². The van der Waals surface area contributed by atoms with Crippen LogP contribution in [-0.4, -0.2) is 52.8 Å². The first kappa shape index (κ1) is 23.5. The quantitative estimate of drug-likeness (QED) is 0.542. The van der Waals surface area contributed by atoms with Gasteiger partial charge in [0.15, 0.2) is 0 Å². The topological polar surface area (TPSA) is 76.2 Å². The fraction of sp³-hybridized carbons (Fsp3) is 0.409. The number of sulfonamides is 1. The minimum atomic E-state index is -3.46. The Labute approximate surface area is 179 Å². The number of hydrogen-bond acceptors (Lipinski definition) is 5. The molecule has 0 aliphatic rings. The summed E-state index contributed by atoms with van der Waals surface area (Å²) in [6.07, 6.45) is 1.85. The number of methoxy groups -OCH3 is 1. The van der Waals surface area contributed by atoms with E-state index in [1.54, 1.807) is 43.3 Å². The van der Waals surface area contributed by atoms with Gasteiger partial charge in [-0.15, -0.1) is 0 Å². The molecule has 0 heterocycles. The Morgan fingerprint density at radius 2 is 1.60 bits per heavy atom. The minimum Gasteiger partial charge on any atom is -0.497 e. The molecule has 0 saturated carbocycles. The van der Waals surface area contributed by atoms with Gasteiger partial charge in [0.1, 0.15) is 11.5 Å². The van der Waals surface area contributed by atoms with Crippen molar-refractivity contribution in [1.82, 2.24) is 4.90 Å². The highest BCUT2D eigenvalue weighted by atomic mass is 32.2. The summed E-state index contributed by atoms with van der Waals surface area (Å²) in [5, 5.41) is 0. The summed E-state index contributed by atoms with van der Waals surface area (Å²) in [5.41, 5.74) is 1.55. The summed E-state index contributed by atoms with van der Waals surface area (Å²) in [6.45, 7) is 3.15. The summed E-state index contributed by atoms with van der Waals surface area (Å²) < 4.78 is 36.3. The Hall–Kier alpha value is -2.74. The maximum atomic E-state index is 12.5. The lowest BCUT2D eigenvalue weighted by atomic mass is 10.2. The molecule has 164 valence electrons. The van der Waals surface area contributed by atoms with Gasteiger partial charge in [0.25, 0.3) is 0 Å². The highest BCUT2D eigenvalue weighted by Gasteiger charge is 2.18. The second-order valence-electron chi connectivity index (χ2n) is 6.96. The van der Waals surface area contributed by atoms with E-state index in [4.69, 9.17) is 9.47 Å². The molecule has 0 aromatic heterocycles. The molecule has 8 heteroatoms. The average Bonchev–Trinajstić information content (AvgIpc) is 2.71. The van der Waals surface area contributed by atoms with Gasteiger partial charge < -0.3 is 14.4 Å². The highest BCUT2D eigenvalue weighted by Crippen LogP contribution is 2.22. The Morgan fingerprint density at radius 3 is 2.13 bits per heavy atom. The molecule has 0 bridgehead atoms. The first-order valence-corrected chi connectivity index (χ1v) is 11.7. The zero-order valence-corrected chi connectivity index (χ0v) is 18.8. The Bertz CT molecular complexity index is 912.